The number of hydrogen-bond acceptors (Lipinski definition) is 3. The standard InChI is InChI=1S/C12H17ClO3S/c1-3-4-10(2)9-16-11-5-7-12(8-6-11)17(13,14)15/h5-8,10H,3-4,9H2,1-2H3. The summed E-state index contributed by atoms with van der Waals surface area (Å²) in [5, 5.41) is 0. The molecular weight excluding hydrogens is 260 g/mol. The van der Waals surface area contributed by atoms with Crippen LogP contribution in [0.2, 0.25) is 0 Å². The first-order valence-corrected chi connectivity index (χ1v) is 7.92. The minimum Gasteiger partial charge on any atom is -0.493 e. The van der Waals surface area contributed by atoms with Crippen LogP contribution < -0.4 is 4.74 Å². The number of hydrogen-bond donors (Lipinski definition) is 0. The van der Waals surface area contributed by atoms with E-state index in [-0.39, 0.29) is 4.90 Å². The van der Waals surface area contributed by atoms with Crippen LogP contribution in [0.5, 0.6) is 5.75 Å². The number of rotatable bonds is 6. The summed E-state index contributed by atoms with van der Waals surface area (Å²) >= 11 is 0. The highest BCUT2D eigenvalue weighted by Gasteiger charge is 2.09. The highest BCUT2D eigenvalue weighted by molar-refractivity contribution is 8.13. The fourth-order valence-corrected chi connectivity index (χ4v) is 2.28. The summed E-state index contributed by atoms with van der Waals surface area (Å²) in [6.07, 6.45) is 2.25. The van der Waals surface area contributed by atoms with Gasteiger partial charge in [0.1, 0.15) is 5.75 Å². The summed E-state index contributed by atoms with van der Waals surface area (Å²) in [4.78, 5) is 0.0909. The maximum absolute atomic E-state index is 11.0. The molecule has 1 rings (SSSR count). The van der Waals surface area contributed by atoms with Gasteiger partial charge in [-0.15, -0.1) is 0 Å². The Balaban J connectivity index is 2.57. The zero-order valence-electron chi connectivity index (χ0n) is 10.0. The van der Waals surface area contributed by atoms with Crippen molar-refractivity contribution in [2.75, 3.05) is 6.61 Å². The van der Waals surface area contributed by atoms with E-state index in [2.05, 4.69) is 13.8 Å². The normalized spacial score (nSPS) is 13.4. The Kier molecular flexibility index (Phi) is 5.28. The third kappa shape index (κ3) is 4.96. The van der Waals surface area contributed by atoms with Crippen molar-refractivity contribution in [3.8, 4) is 5.75 Å². The third-order valence-corrected chi connectivity index (χ3v) is 3.79. The highest BCUT2D eigenvalue weighted by atomic mass is 35.7. The first-order valence-electron chi connectivity index (χ1n) is 5.61. The molecule has 0 amide bonds. The van der Waals surface area contributed by atoms with E-state index in [1.807, 2.05) is 0 Å². The second-order valence-corrected chi connectivity index (χ2v) is 6.68. The van der Waals surface area contributed by atoms with Gasteiger partial charge in [-0.1, -0.05) is 20.3 Å². The Labute approximate surface area is 107 Å². The van der Waals surface area contributed by atoms with Gasteiger partial charge in [0.2, 0.25) is 0 Å². The lowest BCUT2D eigenvalue weighted by atomic mass is 10.1. The summed E-state index contributed by atoms with van der Waals surface area (Å²) in [5.41, 5.74) is 0. The topological polar surface area (TPSA) is 43.4 Å². The molecule has 0 bridgehead atoms. The zero-order chi connectivity index (χ0) is 12.9. The van der Waals surface area contributed by atoms with E-state index in [4.69, 9.17) is 15.4 Å². The molecule has 0 aliphatic carbocycles. The predicted octanol–water partition coefficient (Wildman–Crippen LogP) is 3.43. The van der Waals surface area contributed by atoms with Crippen molar-refractivity contribution in [2.24, 2.45) is 5.92 Å². The average molecular weight is 277 g/mol. The van der Waals surface area contributed by atoms with Gasteiger partial charge < -0.3 is 4.74 Å². The second-order valence-electron chi connectivity index (χ2n) is 4.11. The summed E-state index contributed by atoms with van der Waals surface area (Å²) in [5.74, 6) is 1.16. The van der Waals surface area contributed by atoms with Crippen molar-refractivity contribution < 1.29 is 13.2 Å². The molecule has 96 valence electrons. The van der Waals surface area contributed by atoms with Crippen molar-refractivity contribution in [3.63, 3.8) is 0 Å². The molecule has 1 unspecified atom stereocenters. The third-order valence-electron chi connectivity index (χ3n) is 2.42. The largest absolute Gasteiger partial charge is 0.493 e. The molecule has 0 aromatic heterocycles. The van der Waals surface area contributed by atoms with Crippen LogP contribution >= 0.6 is 10.7 Å². The first kappa shape index (κ1) is 14.3. The molecule has 1 aromatic rings. The van der Waals surface area contributed by atoms with Crippen LogP contribution in [0.3, 0.4) is 0 Å². The van der Waals surface area contributed by atoms with E-state index in [1.54, 1.807) is 12.1 Å². The van der Waals surface area contributed by atoms with E-state index >= 15 is 0 Å². The molecule has 1 atom stereocenters. The van der Waals surface area contributed by atoms with Crippen LogP contribution in [0.4, 0.5) is 0 Å². The van der Waals surface area contributed by atoms with Crippen molar-refractivity contribution >= 4 is 19.7 Å². The summed E-state index contributed by atoms with van der Waals surface area (Å²) in [6, 6.07) is 6.13. The van der Waals surface area contributed by atoms with Gasteiger partial charge in [-0.2, -0.15) is 0 Å². The summed E-state index contributed by atoms with van der Waals surface area (Å²) in [6.45, 7) is 4.90. The molecule has 5 heteroatoms. The lowest BCUT2D eigenvalue weighted by Crippen LogP contribution is -2.08. The molecule has 0 radical (unpaired) electrons. The van der Waals surface area contributed by atoms with Crippen molar-refractivity contribution in [1.29, 1.82) is 0 Å². The molecule has 0 aliphatic rings. The van der Waals surface area contributed by atoms with Gasteiger partial charge in [0.15, 0.2) is 0 Å². The molecule has 0 N–H and O–H groups in total. The number of benzene rings is 1. The van der Waals surface area contributed by atoms with Crippen LogP contribution in [0.1, 0.15) is 26.7 Å². The Morgan fingerprint density at radius 2 is 1.88 bits per heavy atom. The predicted molar refractivity (Wildman–Crippen MR) is 69.0 cm³/mol. The molecule has 0 saturated heterocycles. The number of ether oxygens (including phenoxy) is 1. The first-order chi connectivity index (χ1) is 7.93. The lowest BCUT2D eigenvalue weighted by molar-refractivity contribution is 0.251. The van der Waals surface area contributed by atoms with Crippen molar-refractivity contribution in [3.05, 3.63) is 24.3 Å². The van der Waals surface area contributed by atoms with E-state index in [0.29, 0.717) is 18.3 Å². The fourth-order valence-electron chi connectivity index (χ4n) is 1.51. The molecule has 17 heavy (non-hydrogen) atoms. The summed E-state index contributed by atoms with van der Waals surface area (Å²) in [7, 11) is 1.57. The van der Waals surface area contributed by atoms with Crippen LogP contribution in [-0.2, 0) is 9.05 Å². The Bertz CT molecular complexity index is 439. The van der Waals surface area contributed by atoms with Gasteiger partial charge in [0, 0.05) is 10.7 Å². The van der Waals surface area contributed by atoms with Crippen molar-refractivity contribution in [1.82, 2.24) is 0 Å². The van der Waals surface area contributed by atoms with Gasteiger partial charge in [-0.25, -0.2) is 8.42 Å². The van der Waals surface area contributed by atoms with Gasteiger partial charge in [0.05, 0.1) is 11.5 Å². The average Bonchev–Trinajstić information content (AvgIpc) is 2.26. The molecule has 0 fully saturated rings. The monoisotopic (exact) mass is 276 g/mol. The zero-order valence-corrected chi connectivity index (χ0v) is 11.6. The smallest absolute Gasteiger partial charge is 0.261 e. The van der Waals surface area contributed by atoms with E-state index < -0.39 is 9.05 Å². The molecular formula is C12H17ClO3S. The highest BCUT2D eigenvalue weighted by Crippen LogP contribution is 2.19. The Morgan fingerprint density at radius 3 is 2.35 bits per heavy atom. The maximum atomic E-state index is 11.0. The minimum atomic E-state index is -3.64. The maximum Gasteiger partial charge on any atom is 0.261 e. The number of halogens is 1. The van der Waals surface area contributed by atoms with Gasteiger partial charge in [-0.3, -0.25) is 0 Å². The van der Waals surface area contributed by atoms with Crippen LogP contribution in [0.15, 0.2) is 29.2 Å². The molecule has 0 heterocycles. The van der Waals surface area contributed by atoms with Crippen LogP contribution in [-0.4, -0.2) is 15.0 Å². The molecule has 0 saturated carbocycles. The lowest BCUT2D eigenvalue weighted by Gasteiger charge is -2.12. The van der Waals surface area contributed by atoms with Crippen molar-refractivity contribution in [2.45, 2.75) is 31.6 Å². The fraction of sp³-hybridized carbons (Fsp3) is 0.500. The Morgan fingerprint density at radius 1 is 1.29 bits per heavy atom. The minimum absolute atomic E-state index is 0.0909. The molecule has 0 spiro atoms. The van der Waals surface area contributed by atoms with Crippen LogP contribution in [0, 0.1) is 5.92 Å². The van der Waals surface area contributed by atoms with E-state index in [0.717, 1.165) is 12.8 Å². The molecule has 0 aliphatic heterocycles. The Hall–Kier alpha value is -0.740. The van der Waals surface area contributed by atoms with Crippen LogP contribution in [0.25, 0.3) is 0 Å². The molecule has 1 aromatic carbocycles. The second kappa shape index (κ2) is 6.26. The quantitative estimate of drug-likeness (QED) is 0.748. The van der Waals surface area contributed by atoms with E-state index in [9.17, 15) is 8.42 Å². The summed E-state index contributed by atoms with van der Waals surface area (Å²) < 4.78 is 27.6. The van der Waals surface area contributed by atoms with E-state index in [1.165, 1.54) is 12.1 Å². The van der Waals surface area contributed by atoms with Gasteiger partial charge in [0.25, 0.3) is 9.05 Å². The molecule has 3 nitrogen and oxygen atoms in total. The van der Waals surface area contributed by atoms with Gasteiger partial charge in [-0.05, 0) is 36.6 Å². The SMILES string of the molecule is CCCC(C)COc1ccc(S(=O)(=O)Cl)cc1. The van der Waals surface area contributed by atoms with Gasteiger partial charge >= 0.3 is 0 Å².